The molecule has 2 amide bonds. The second kappa shape index (κ2) is 6.33. The quantitative estimate of drug-likeness (QED) is 0.875. The van der Waals surface area contributed by atoms with Crippen LogP contribution in [0, 0.1) is 0 Å². The first-order valence-corrected chi connectivity index (χ1v) is 6.83. The molecule has 2 rings (SSSR count). The Kier molecular flexibility index (Phi) is 4.50. The highest BCUT2D eigenvalue weighted by atomic mass is 16.2. The first kappa shape index (κ1) is 15.6. The van der Waals surface area contributed by atoms with Crippen molar-refractivity contribution in [3.8, 4) is 0 Å². The SMILES string of the molecule is CNC(=O)c1nnc(NC(=O)c2ccn(C)n2)cc1C(C)C. The number of rotatable bonds is 4. The van der Waals surface area contributed by atoms with Crippen molar-refractivity contribution in [1.29, 1.82) is 0 Å². The highest BCUT2D eigenvalue weighted by Crippen LogP contribution is 2.20. The van der Waals surface area contributed by atoms with E-state index in [0.717, 1.165) is 0 Å². The van der Waals surface area contributed by atoms with E-state index in [0.29, 0.717) is 5.56 Å². The molecule has 0 aromatic carbocycles. The molecule has 0 aliphatic carbocycles. The number of amides is 2. The summed E-state index contributed by atoms with van der Waals surface area (Å²) in [5.41, 5.74) is 1.25. The van der Waals surface area contributed by atoms with Gasteiger partial charge in [-0.1, -0.05) is 13.8 Å². The maximum Gasteiger partial charge on any atom is 0.277 e. The Morgan fingerprint density at radius 3 is 2.50 bits per heavy atom. The van der Waals surface area contributed by atoms with Crippen LogP contribution in [0.15, 0.2) is 18.3 Å². The van der Waals surface area contributed by atoms with Crippen LogP contribution in [0.3, 0.4) is 0 Å². The number of aryl methyl sites for hydroxylation is 1. The van der Waals surface area contributed by atoms with Crippen molar-refractivity contribution in [2.75, 3.05) is 12.4 Å². The number of anilines is 1. The van der Waals surface area contributed by atoms with Crippen LogP contribution in [-0.2, 0) is 7.05 Å². The Labute approximate surface area is 127 Å². The summed E-state index contributed by atoms with van der Waals surface area (Å²) in [6, 6.07) is 3.26. The van der Waals surface area contributed by atoms with Crippen molar-refractivity contribution < 1.29 is 9.59 Å². The van der Waals surface area contributed by atoms with Crippen LogP contribution >= 0.6 is 0 Å². The van der Waals surface area contributed by atoms with Gasteiger partial charge in [0.25, 0.3) is 11.8 Å². The van der Waals surface area contributed by atoms with E-state index in [-0.39, 0.29) is 34.9 Å². The molecule has 0 aliphatic rings. The fraction of sp³-hybridized carbons (Fsp3) is 0.357. The Bertz CT molecular complexity index is 707. The molecule has 0 radical (unpaired) electrons. The van der Waals surface area contributed by atoms with Gasteiger partial charge < -0.3 is 10.6 Å². The Hall–Kier alpha value is -2.77. The van der Waals surface area contributed by atoms with E-state index in [9.17, 15) is 9.59 Å². The van der Waals surface area contributed by atoms with Gasteiger partial charge in [-0.25, -0.2) is 0 Å². The molecule has 0 bridgehead atoms. The summed E-state index contributed by atoms with van der Waals surface area (Å²) in [6.45, 7) is 3.88. The number of nitrogens with zero attached hydrogens (tertiary/aromatic N) is 4. The van der Waals surface area contributed by atoms with Crippen molar-refractivity contribution in [1.82, 2.24) is 25.3 Å². The predicted molar refractivity (Wildman–Crippen MR) is 80.7 cm³/mol. The van der Waals surface area contributed by atoms with Crippen LogP contribution in [-0.4, -0.2) is 38.8 Å². The molecule has 0 unspecified atom stereocenters. The predicted octanol–water partition coefficient (Wildman–Crippen LogP) is 0.945. The third-order valence-electron chi connectivity index (χ3n) is 3.08. The van der Waals surface area contributed by atoms with E-state index in [2.05, 4.69) is 25.9 Å². The lowest BCUT2D eigenvalue weighted by Gasteiger charge is -2.11. The third kappa shape index (κ3) is 3.27. The van der Waals surface area contributed by atoms with Crippen LogP contribution in [0.5, 0.6) is 0 Å². The van der Waals surface area contributed by atoms with Gasteiger partial charge in [0, 0.05) is 20.3 Å². The van der Waals surface area contributed by atoms with Crippen LogP contribution in [0.2, 0.25) is 0 Å². The highest BCUT2D eigenvalue weighted by Gasteiger charge is 2.18. The number of aromatic nitrogens is 4. The zero-order valence-corrected chi connectivity index (χ0v) is 12.9. The number of nitrogens with one attached hydrogen (secondary N) is 2. The average molecular weight is 302 g/mol. The summed E-state index contributed by atoms with van der Waals surface area (Å²) in [6.07, 6.45) is 1.68. The monoisotopic (exact) mass is 302 g/mol. The van der Waals surface area contributed by atoms with E-state index < -0.39 is 0 Å². The van der Waals surface area contributed by atoms with Crippen LogP contribution in [0.4, 0.5) is 5.82 Å². The van der Waals surface area contributed by atoms with Gasteiger partial charge in [0.05, 0.1) is 0 Å². The fourth-order valence-corrected chi connectivity index (χ4v) is 1.92. The van der Waals surface area contributed by atoms with E-state index in [1.165, 1.54) is 11.7 Å². The molecule has 116 valence electrons. The lowest BCUT2D eigenvalue weighted by atomic mass is 10.0. The fourth-order valence-electron chi connectivity index (χ4n) is 1.92. The van der Waals surface area contributed by atoms with E-state index in [1.54, 1.807) is 25.4 Å². The number of hydrogen-bond acceptors (Lipinski definition) is 5. The third-order valence-corrected chi connectivity index (χ3v) is 3.08. The molecule has 2 aromatic heterocycles. The van der Waals surface area contributed by atoms with E-state index in [4.69, 9.17) is 0 Å². The van der Waals surface area contributed by atoms with Crippen LogP contribution < -0.4 is 10.6 Å². The summed E-state index contributed by atoms with van der Waals surface area (Å²) < 4.78 is 1.54. The summed E-state index contributed by atoms with van der Waals surface area (Å²) in [4.78, 5) is 23.8. The molecule has 0 spiro atoms. The maximum absolute atomic E-state index is 12.0. The van der Waals surface area contributed by atoms with Gasteiger partial charge in [0.2, 0.25) is 0 Å². The minimum Gasteiger partial charge on any atom is -0.354 e. The zero-order valence-electron chi connectivity index (χ0n) is 12.9. The average Bonchev–Trinajstić information content (AvgIpc) is 2.93. The molecule has 2 aromatic rings. The highest BCUT2D eigenvalue weighted by molar-refractivity contribution is 6.02. The van der Waals surface area contributed by atoms with Gasteiger partial charge in [0.1, 0.15) is 0 Å². The molecular formula is C14H18N6O2. The topological polar surface area (TPSA) is 102 Å². The molecular weight excluding hydrogens is 284 g/mol. The smallest absolute Gasteiger partial charge is 0.277 e. The van der Waals surface area contributed by atoms with Crippen molar-refractivity contribution in [3.05, 3.63) is 35.3 Å². The van der Waals surface area contributed by atoms with Crippen molar-refractivity contribution >= 4 is 17.6 Å². The van der Waals surface area contributed by atoms with Crippen molar-refractivity contribution in [3.63, 3.8) is 0 Å². The Morgan fingerprint density at radius 1 is 1.23 bits per heavy atom. The molecule has 0 aliphatic heterocycles. The first-order chi connectivity index (χ1) is 10.4. The van der Waals surface area contributed by atoms with Gasteiger partial charge >= 0.3 is 0 Å². The minimum absolute atomic E-state index is 0.0632. The Morgan fingerprint density at radius 2 is 1.95 bits per heavy atom. The number of carbonyl (C=O) groups excluding carboxylic acids is 2. The minimum atomic E-state index is -0.378. The summed E-state index contributed by atoms with van der Waals surface area (Å²) in [5, 5.41) is 17.0. The lowest BCUT2D eigenvalue weighted by Crippen LogP contribution is -2.23. The van der Waals surface area contributed by atoms with Crippen molar-refractivity contribution in [2.24, 2.45) is 7.05 Å². The largest absolute Gasteiger partial charge is 0.354 e. The molecule has 0 saturated heterocycles. The van der Waals surface area contributed by atoms with E-state index in [1.807, 2.05) is 13.8 Å². The molecule has 22 heavy (non-hydrogen) atoms. The Balaban J connectivity index is 2.27. The second-order valence-electron chi connectivity index (χ2n) is 5.10. The van der Waals surface area contributed by atoms with Crippen LogP contribution in [0.25, 0.3) is 0 Å². The van der Waals surface area contributed by atoms with Gasteiger partial charge in [-0.3, -0.25) is 14.3 Å². The summed E-state index contributed by atoms with van der Waals surface area (Å²) >= 11 is 0. The number of carbonyl (C=O) groups is 2. The van der Waals surface area contributed by atoms with Crippen molar-refractivity contribution in [2.45, 2.75) is 19.8 Å². The first-order valence-electron chi connectivity index (χ1n) is 6.83. The van der Waals surface area contributed by atoms with Crippen LogP contribution in [0.1, 0.15) is 46.3 Å². The summed E-state index contributed by atoms with van der Waals surface area (Å²) in [5.74, 6) is -0.337. The molecule has 0 saturated carbocycles. The standard InChI is InChI=1S/C14H18N6O2/c1-8(2)9-7-11(17-18-12(9)14(22)15-3)16-13(21)10-5-6-20(4)19-10/h5-8H,1-4H3,(H,15,22)(H,16,17,21). The zero-order chi connectivity index (χ0) is 16.3. The lowest BCUT2D eigenvalue weighted by molar-refractivity contribution is 0.0955. The molecule has 0 fully saturated rings. The summed E-state index contributed by atoms with van der Waals surface area (Å²) in [7, 11) is 3.26. The molecule has 0 atom stereocenters. The molecule has 8 heteroatoms. The van der Waals surface area contributed by atoms with Gasteiger partial charge in [0.15, 0.2) is 17.2 Å². The van der Waals surface area contributed by atoms with Gasteiger partial charge in [-0.15, -0.1) is 10.2 Å². The van der Waals surface area contributed by atoms with Gasteiger partial charge in [-0.2, -0.15) is 5.10 Å². The number of hydrogen-bond donors (Lipinski definition) is 2. The maximum atomic E-state index is 12.0. The molecule has 2 N–H and O–H groups in total. The molecule has 8 nitrogen and oxygen atoms in total. The van der Waals surface area contributed by atoms with E-state index >= 15 is 0 Å². The van der Waals surface area contributed by atoms with Gasteiger partial charge in [-0.05, 0) is 23.6 Å². The second-order valence-corrected chi connectivity index (χ2v) is 5.10. The molecule has 2 heterocycles. The normalized spacial score (nSPS) is 10.6.